The van der Waals surface area contributed by atoms with Crippen LogP contribution in [0.3, 0.4) is 0 Å². The van der Waals surface area contributed by atoms with Crippen LogP contribution in [0.1, 0.15) is 0 Å². The minimum Gasteiger partial charge on any atom is -0.870 e. The molecule has 0 amide bonds. The van der Waals surface area contributed by atoms with Gasteiger partial charge in [-0.05, 0) is 0 Å². The Labute approximate surface area is 37.5 Å². The van der Waals surface area contributed by atoms with E-state index in [1.54, 1.807) is 0 Å². The molecule has 0 saturated carbocycles. The van der Waals surface area contributed by atoms with Gasteiger partial charge in [-0.25, -0.2) is 0 Å². The van der Waals surface area contributed by atoms with Crippen molar-refractivity contribution in [3.8, 4) is 0 Å². The summed E-state index contributed by atoms with van der Waals surface area (Å²) in [6.07, 6.45) is 0. The van der Waals surface area contributed by atoms with Gasteiger partial charge in [0.1, 0.15) is 0 Å². The molecule has 0 aromatic carbocycles. The van der Waals surface area contributed by atoms with Crippen molar-refractivity contribution in [3.63, 3.8) is 0 Å². The molecular weight excluding hydrogens is 107 g/mol. The molecule has 3 heteroatoms. The summed E-state index contributed by atoms with van der Waals surface area (Å²) < 4.78 is 0. The predicted molar refractivity (Wildman–Crippen MR) is 6.90 cm³/mol. The largest absolute Gasteiger partial charge is 2.00 e. The summed E-state index contributed by atoms with van der Waals surface area (Å²) in [6.45, 7) is 4.75. The van der Waals surface area contributed by atoms with E-state index in [9.17, 15) is 0 Å². The Bertz CT molecular complexity index is 12.8. The molecule has 0 aliphatic carbocycles. The van der Waals surface area contributed by atoms with Crippen molar-refractivity contribution in [1.29, 1.82) is 5.26 Å². The number of nitrogens with zero attached hydrogens (tertiary/aromatic N) is 1. The smallest absolute Gasteiger partial charge is 0.870 e. The van der Waals surface area contributed by atoms with Crippen LogP contribution in [0.15, 0.2) is 0 Å². The molecule has 0 aromatic heterocycles. The van der Waals surface area contributed by atoms with Crippen LogP contribution in [0.5, 0.6) is 0 Å². The second-order valence-corrected chi connectivity index (χ2v) is 0. The molecule has 2 nitrogen and oxygen atoms in total. The molecule has 0 spiro atoms. The number of hydrogen-bond donors (Lipinski definition) is 0. The summed E-state index contributed by atoms with van der Waals surface area (Å²) in [5, 5.41) is 6.25. The zero-order valence-electron chi connectivity index (χ0n) is 2.10. The first-order valence-corrected chi connectivity index (χ1v) is 0.224. The molecule has 0 aromatic rings. The van der Waals surface area contributed by atoms with Crippen molar-refractivity contribution >= 4 is 0 Å². The van der Waals surface area contributed by atoms with Gasteiger partial charge in [0.05, 0.1) is 0 Å². The van der Waals surface area contributed by atoms with Crippen molar-refractivity contribution in [1.82, 2.24) is 0 Å². The number of rotatable bonds is 0. The van der Waals surface area contributed by atoms with Crippen LogP contribution in [-0.2, 0) is 19.5 Å². The average Bonchev–Trinajstić information content (AvgIpc) is 1.00. The first-order valence-electron chi connectivity index (χ1n) is 0.224. The van der Waals surface area contributed by atoms with E-state index >= 15 is 0 Å². The van der Waals surface area contributed by atoms with Gasteiger partial charge in [-0.15, -0.1) is 0 Å². The van der Waals surface area contributed by atoms with E-state index < -0.39 is 0 Å². The normalized spacial score (nSPS) is 0.500. The fourth-order valence-electron chi connectivity index (χ4n) is 0. The molecule has 0 aliphatic heterocycles. The minimum absolute atomic E-state index is 0. The molecule has 0 atom stereocenters. The summed E-state index contributed by atoms with van der Waals surface area (Å²) in [7, 11) is 0. The van der Waals surface area contributed by atoms with Gasteiger partial charge in [0.15, 0.2) is 0 Å². The van der Waals surface area contributed by atoms with Crippen molar-refractivity contribution in [3.05, 3.63) is 6.57 Å². The third-order valence-corrected chi connectivity index (χ3v) is 0. The topological polar surface area (TPSA) is 53.8 Å². The van der Waals surface area contributed by atoms with Crippen LogP contribution in [0, 0.1) is 11.8 Å². The van der Waals surface area contributed by atoms with Gasteiger partial charge < -0.3 is 17.3 Å². The van der Waals surface area contributed by atoms with E-state index in [4.69, 9.17) is 11.8 Å². The van der Waals surface area contributed by atoms with Crippen molar-refractivity contribution in [2.24, 2.45) is 0 Å². The van der Waals surface area contributed by atoms with Gasteiger partial charge in [0.25, 0.3) is 0 Å². The maximum absolute atomic E-state index is 6.25. The monoisotopic (exact) mass is 107 g/mol. The molecule has 0 radical (unpaired) electrons. The molecule has 0 heterocycles. The molecule has 4 heavy (non-hydrogen) atoms. The molecule has 0 unspecified atom stereocenters. The van der Waals surface area contributed by atoms with Gasteiger partial charge in [-0.3, -0.25) is 0 Å². The molecule has 18 valence electrons. The summed E-state index contributed by atoms with van der Waals surface area (Å²) >= 11 is 0. The minimum atomic E-state index is 0. The SMILES string of the molecule is [C-]#N.[OH-].[Zn+2]. The molecule has 0 bridgehead atoms. The van der Waals surface area contributed by atoms with Crippen LogP contribution >= 0.6 is 0 Å². The van der Waals surface area contributed by atoms with E-state index in [0.29, 0.717) is 0 Å². The van der Waals surface area contributed by atoms with Crippen LogP contribution in [0.25, 0.3) is 0 Å². The van der Waals surface area contributed by atoms with E-state index in [2.05, 4.69) is 0 Å². The summed E-state index contributed by atoms with van der Waals surface area (Å²) in [5.41, 5.74) is 0. The van der Waals surface area contributed by atoms with Gasteiger partial charge in [0, 0.05) is 0 Å². The first kappa shape index (κ1) is 33.4. The second-order valence-electron chi connectivity index (χ2n) is 0. The second kappa shape index (κ2) is 2450. The quantitative estimate of drug-likeness (QED) is 0.322. The van der Waals surface area contributed by atoms with E-state index in [1.807, 2.05) is 0 Å². The Morgan fingerprint density at radius 1 is 1.25 bits per heavy atom. The van der Waals surface area contributed by atoms with Crippen molar-refractivity contribution in [2.75, 3.05) is 0 Å². The first-order chi connectivity index (χ1) is 1.00. The van der Waals surface area contributed by atoms with Crippen LogP contribution < -0.4 is 0 Å². The standard InChI is InChI=1S/CN.H2O.Zn/c1-2;;/h;1H2;/q-1;;+2/p-1. The van der Waals surface area contributed by atoms with Gasteiger partial charge in [-0.2, -0.15) is 0 Å². The zero-order chi connectivity index (χ0) is 2.00. The molecular formula is CHNOZn. The van der Waals surface area contributed by atoms with Crippen molar-refractivity contribution < 1.29 is 25.0 Å². The Balaban J connectivity index is -0.00000000500. The van der Waals surface area contributed by atoms with E-state index in [-0.39, 0.29) is 25.0 Å². The molecule has 1 N–H and O–H groups in total. The fraction of sp³-hybridized carbons (Fsp3) is 0. The molecule has 0 rings (SSSR count). The zero-order valence-corrected chi connectivity index (χ0v) is 5.07. The number of hydrogen-bond acceptors (Lipinski definition) is 2. The molecule has 0 aliphatic rings. The molecule has 0 saturated heterocycles. The Hall–Kier alpha value is 0.0734. The summed E-state index contributed by atoms with van der Waals surface area (Å²) in [5.74, 6) is 0. The third-order valence-electron chi connectivity index (χ3n) is 0. The third kappa shape index (κ3) is 444. The Morgan fingerprint density at radius 3 is 1.25 bits per heavy atom. The van der Waals surface area contributed by atoms with E-state index in [1.165, 1.54) is 0 Å². The van der Waals surface area contributed by atoms with Gasteiger partial charge in [0.2, 0.25) is 0 Å². The predicted octanol–water partition coefficient (Wildman–Crippen LogP) is -0.0829. The van der Waals surface area contributed by atoms with Crippen molar-refractivity contribution in [2.45, 2.75) is 0 Å². The van der Waals surface area contributed by atoms with Crippen LogP contribution in [-0.4, -0.2) is 5.48 Å². The molecule has 0 fully saturated rings. The Kier molecular flexibility index (Phi) is 20500. The van der Waals surface area contributed by atoms with Crippen LogP contribution in [0.4, 0.5) is 0 Å². The maximum atomic E-state index is 6.25. The Morgan fingerprint density at radius 2 is 1.25 bits per heavy atom. The summed E-state index contributed by atoms with van der Waals surface area (Å²) in [4.78, 5) is 0. The summed E-state index contributed by atoms with van der Waals surface area (Å²) in [6, 6.07) is 0. The van der Waals surface area contributed by atoms with Crippen LogP contribution in [0.2, 0.25) is 0 Å². The fourth-order valence-corrected chi connectivity index (χ4v) is 0. The van der Waals surface area contributed by atoms with Gasteiger partial charge >= 0.3 is 19.5 Å². The van der Waals surface area contributed by atoms with E-state index in [0.717, 1.165) is 0 Å². The average molecular weight is 108 g/mol. The maximum Gasteiger partial charge on any atom is 2.00 e. The van der Waals surface area contributed by atoms with Gasteiger partial charge in [-0.1, -0.05) is 0 Å².